The van der Waals surface area contributed by atoms with Gasteiger partial charge in [-0.15, -0.1) is 11.3 Å². The van der Waals surface area contributed by atoms with Crippen molar-refractivity contribution in [1.82, 2.24) is 15.2 Å². The number of hydrogen-bond donors (Lipinski definition) is 1. The summed E-state index contributed by atoms with van der Waals surface area (Å²) >= 11 is 3.14. The Morgan fingerprint density at radius 2 is 2.00 bits per heavy atom. The van der Waals surface area contributed by atoms with Gasteiger partial charge in [0.2, 0.25) is 0 Å². The maximum atomic E-state index is 12.7. The van der Waals surface area contributed by atoms with Crippen molar-refractivity contribution >= 4 is 29.0 Å². The van der Waals surface area contributed by atoms with Crippen molar-refractivity contribution < 1.29 is 4.79 Å². The van der Waals surface area contributed by atoms with Crippen LogP contribution < -0.4 is 5.32 Å². The molecule has 3 aliphatic rings. The van der Waals surface area contributed by atoms with Crippen LogP contribution in [0.25, 0.3) is 0 Å². The molecule has 25 heavy (non-hydrogen) atoms. The summed E-state index contributed by atoms with van der Waals surface area (Å²) in [6, 6.07) is 9.10. The molecule has 0 saturated carbocycles. The van der Waals surface area contributed by atoms with Crippen LogP contribution in [0.2, 0.25) is 0 Å². The molecule has 1 N–H and O–H groups in total. The summed E-state index contributed by atoms with van der Waals surface area (Å²) in [7, 11) is 0. The maximum absolute atomic E-state index is 12.7. The molecule has 3 fully saturated rings. The predicted molar refractivity (Wildman–Crippen MR) is 102 cm³/mol. The Hall–Kier alpha value is -1.37. The highest BCUT2D eigenvalue weighted by Gasteiger charge is 2.40. The minimum Gasteiger partial charge on any atom is -0.345 e. The molecular formula is C19H23N3OS2. The number of hydrogen-bond acceptors (Lipinski definition) is 5. The topological polar surface area (TPSA) is 45.2 Å². The molecule has 1 aromatic heterocycles. The maximum Gasteiger partial charge on any atom is 0.280 e. The minimum absolute atomic E-state index is 0.0219. The number of rotatable bonds is 4. The molecule has 0 unspecified atom stereocenters. The van der Waals surface area contributed by atoms with Crippen LogP contribution in [-0.4, -0.2) is 41.0 Å². The van der Waals surface area contributed by atoms with Gasteiger partial charge in [0.15, 0.2) is 5.01 Å². The van der Waals surface area contributed by atoms with E-state index in [1.54, 1.807) is 11.8 Å². The Bertz CT molecular complexity index is 748. The third kappa shape index (κ3) is 3.61. The van der Waals surface area contributed by atoms with E-state index < -0.39 is 0 Å². The normalized spacial score (nSPS) is 28.1. The lowest BCUT2D eigenvalue weighted by molar-refractivity contribution is 0.0217. The molecule has 3 saturated heterocycles. The van der Waals surface area contributed by atoms with Gasteiger partial charge in [-0.1, -0.05) is 29.5 Å². The Balaban J connectivity index is 1.41. The van der Waals surface area contributed by atoms with Gasteiger partial charge in [0.05, 0.1) is 10.4 Å². The van der Waals surface area contributed by atoms with E-state index in [0.717, 1.165) is 4.21 Å². The largest absolute Gasteiger partial charge is 0.345 e. The van der Waals surface area contributed by atoms with Crippen molar-refractivity contribution in [2.24, 2.45) is 5.92 Å². The van der Waals surface area contributed by atoms with Gasteiger partial charge in [-0.2, -0.15) is 0 Å². The van der Waals surface area contributed by atoms with E-state index >= 15 is 0 Å². The SMILES string of the molecule is Cc1ccc(Sc2cnc(C(=O)N[C@@H]3C4CCN(CC4)[C@H]3C)s2)cc1. The minimum atomic E-state index is -0.0219. The Morgan fingerprint density at radius 3 is 2.68 bits per heavy atom. The first-order chi connectivity index (χ1) is 12.1. The fraction of sp³-hybridized carbons (Fsp3) is 0.474. The van der Waals surface area contributed by atoms with E-state index in [9.17, 15) is 4.79 Å². The van der Waals surface area contributed by atoms with Gasteiger partial charge in [0.25, 0.3) is 5.91 Å². The number of amides is 1. The number of fused-ring (bicyclic) bond motifs is 3. The molecule has 4 nitrogen and oxygen atoms in total. The summed E-state index contributed by atoms with van der Waals surface area (Å²) in [5, 5.41) is 3.83. The lowest BCUT2D eigenvalue weighted by atomic mass is 9.79. The molecule has 0 spiro atoms. The second-order valence-electron chi connectivity index (χ2n) is 7.01. The molecule has 4 heterocycles. The number of carbonyl (C=O) groups is 1. The molecule has 1 aromatic carbocycles. The monoisotopic (exact) mass is 373 g/mol. The van der Waals surface area contributed by atoms with Crippen LogP contribution in [0.15, 0.2) is 39.6 Å². The van der Waals surface area contributed by atoms with E-state index in [1.807, 2.05) is 6.20 Å². The van der Waals surface area contributed by atoms with Crippen LogP contribution >= 0.6 is 23.1 Å². The zero-order valence-corrected chi connectivity index (χ0v) is 16.2. The third-order valence-corrected chi connectivity index (χ3v) is 7.50. The standard InChI is InChI=1S/C19H23N3OS2/c1-12-3-5-15(6-4-12)24-16-11-20-19(25-16)18(23)21-17-13(2)22-9-7-14(17)8-10-22/h3-6,11,13-14,17H,7-10H2,1-2H3,(H,21,23)/t13-,17-/m0/s1. The van der Waals surface area contributed by atoms with Gasteiger partial charge < -0.3 is 5.32 Å². The first kappa shape index (κ1) is 17.1. The van der Waals surface area contributed by atoms with Crippen molar-refractivity contribution in [3.8, 4) is 0 Å². The van der Waals surface area contributed by atoms with Crippen LogP contribution in [0.5, 0.6) is 0 Å². The second kappa shape index (κ2) is 7.09. The smallest absolute Gasteiger partial charge is 0.280 e. The number of aryl methyl sites for hydroxylation is 1. The lowest BCUT2D eigenvalue weighted by Crippen LogP contribution is -2.62. The highest BCUT2D eigenvalue weighted by atomic mass is 32.2. The number of nitrogens with zero attached hydrogens (tertiary/aromatic N) is 2. The van der Waals surface area contributed by atoms with E-state index in [0.29, 0.717) is 17.0 Å². The summed E-state index contributed by atoms with van der Waals surface area (Å²) < 4.78 is 1.05. The molecule has 0 aliphatic carbocycles. The highest BCUT2D eigenvalue weighted by molar-refractivity contribution is 8.01. The fourth-order valence-corrected chi connectivity index (χ4v) is 5.75. The summed E-state index contributed by atoms with van der Waals surface area (Å²) in [5.74, 6) is 0.594. The molecule has 6 heteroatoms. The Kier molecular flexibility index (Phi) is 4.84. The van der Waals surface area contributed by atoms with E-state index in [1.165, 1.54) is 47.7 Å². The molecule has 1 amide bonds. The summed E-state index contributed by atoms with van der Waals surface area (Å²) in [6.07, 6.45) is 4.20. The van der Waals surface area contributed by atoms with Gasteiger partial charge >= 0.3 is 0 Å². The molecule has 5 rings (SSSR count). The molecule has 2 atom stereocenters. The Morgan fingerprint density at radius 1 is 1.28 bits per heavy atom. The molecule has 3 aliphatic heterocycles. The predicted octanol–water partition coefficient (Wildman–Crippen LogP) is 3.82. The highest BCUT2D eigenvalue weighted by Crippen LogP contribution is 2.34. The molecule has 132 valence electrons. The number of benzene rings is 1. The van der Waals surface area contributed by atoms with E-state index in [2.05, 4.69) is 53.3 Å². The lowest BCUT2D eigenvalue weighted by Gasteiger charge is -2.49. The van der Waals surface area contributed by atoms with Crippen molar-refractivity contribution in [1.29, 1.82) is 0 Å². The fourth-order valence-electron chi connectivity index (χ4n) is 3.89. The summed E-state index contributed by atoms with van der Waals surface area (Å²) in [6.45, 7) is 6.66. The van der Waals surface area contributed by atoms with Crippen LogP contribution in [0.3, 0.4) is 0 Å². The first-order valence-electron chi connectivity index (χ1n) is 8.85. The van der Waals surface area contributed by atoms with Gasteiger partial charge in [0, 0.05) is 17.0 Å². The molecule has 2 aromatic rings. The zero-order chi connectivity index (χ0) is 17.4. The van der Waals surface area contributed by atoms with Crippen LogP contribution in [0.1, 0.15) is 35.1 Å². The van der Waals surface area contributed by atoms with Crippen LogP contribution in [0.4, 0.5) is 0 Å². The van der Waals surface area contributed by atoms with E-state index in [4.69, 9.17) is 0 Å². The summed E-state index contributed by atoms with van der Waals surface area (Å²) in [4.78, 5) is 20.7. The van der Waals surface area contributed by atoms with Gasteiger partial charge in [-0.05, 0) is 57.8 Å². The van der Waals surface area contributed by atoms with Crippen LogP contribution in [0, 0.1) is 12.8 Å². The van der Waals surface area contributed by atoms with Crippen molar-refractivity contribution in [3.05, 3.63) is 41.0 Å². The van der Waals surface area contributed by atoms with Gasteiger partial charge in [0.1, 0.15) is 0 Å². The van der Waals surface area contributed by atoms with Crippen molar-refractivity contribution in [2.75, 3.05) is 13.1 Å². The number of nitrogens with one attached hydrogen (secondary N) is 1. The molecule has 0 radical (unpaired) electrons. The summed E-state index contributed by atoms with van der Waals surface area (Å²) in [5.41, 5.74) is 1.25. The average Bonchev–Trinajstić information content (AvgIpc) is 3.09. The molecular weight excluding hydrogens is 350 g/mol. The van der Waals surface area contributed by atoms with Crippen molar-refractivity contribution in [2.45, 2.75) is 47.9 Å². The average molecular weight is 374 g/mol. The van der Waals surface area contributed by atoms with Gasteiger partial charge in [-0.25, -0.2) is 4.98 Å². The number of aromatic nitrogens is 1. The van der Waals surface area contributed by atoms with Crippen molar-refractivity contribution in [3.63, 3.8) is 0 Å². The third-order valence-electron chi connectivity index (χ3n) is 5.39. The quantitative estimate of drug-likeness (QED) is 0.885. The number of piperidine rings is 3. The zero-order valence-electron chi connectivity index (χ0n) is 14.6. The first-order valence-corrected chi connectivity index (χ1v) is 10.5. The second-order valence-corrected chi connectivity index (χ2v) is 9.42. The van der Waals surface area contributed by atoms with Gasteiger partial charge in [-0.3, -0.25) is 9.69 Å². The Labute approximate surface area is 157 Å². The van der Waals surface area contributed by atoms with Crippen LogP contribution in [-0.2, 0) is 0 Å². The van der Waals surface area contributed by atoms with E-state index in [-0.39, 0.29) is 11.9 Å². The number of thiazole rings is 1. The molecule has 2 bridgehead atoms. The number of carbonyl (C=O) groups excluding carboxylic acids is 1.